The molecule has 1 rings (SSSR count). The summed E-state index contributed by atoms with van der Waals surface area (Å²) in [5, 5.41) is 4.11. The summed E-state index contributed by atoms with van der Waals surface area (Å²) in [4.78, 5) is 5.62. The average molecular weight is 285 g/mol. The first-order valence-electron chi connectivity index (χ1n) is 7.43. The predicted octanol–water partition coefficient (Wildman–Crippen LogP) is 4.70. The highest BCUT2D eigenvalue weighted by atomic mass is 16.6. The fourth-order valence-electron chi connectivity index (χ4n) is 1.54. The van der Waals surface area contributed by atoms with Gasteiger partial charge in [-0.1, -0.05) is 68.1 Å². The minimum Gasteiger partial charge on any atom is -0.379 e. The van der Waals surface area contributed by atoms with Gasteiger partial charge in [0.2, 0.25) is 0 Å². The number of oxime groups is 1. The largest absolute Gasteiger partial charge is 0.379 e. The molecule has 0 radical (unpaired) electrons. The van der Waals surface area contributed by atoms with Gasteiger partial charge in [-0.25, -0.2) is 0 Å². The van der Waals surface area contributed by atoms with Gasteiger partial charge in [0.1, 0.15) is 0 Å². The van der Waals surface area contributed by atoms with Crippen LogP contribution in [-0.4, -0.2) is 12.3 Å². The molecule has 0 aliphatic rings. The normalized spacial score (nSPS) is 13.6. The number of hydrogen-bond donors (Lipinski definition) is 0. The Morgan fingerprint density at radius 2 is 1.71 bits per heavy atom. The van der Waals surface area contributed by atoms with Gasteiger partial charge in [0.15, 0.2) is 6.10 Å². The van der Waals surface area contributed by atoms with Gasteiger partial charge in [-0.3, -0.25) is 0 Å². The highest BCUT2D eigenvalue weighted by molar-refractivity contribution is 5.60. The lowest BCUT2D eigenvalue weighted by molar-refractivity contribution is 0.0261. The van der Waals surface area contributed by atoms with Crippen molar-refractivity contribution in [3.8, 4) is 11.8 Å². The lowest BCUT2D eigenvalue weighted by Crippen LogP contribution is -2.26. The zero-order valence-corrected chi connectivity index (χ0v) is 14.1. The summed E-state index contributed by atoms with van der Waals surface area (Å²) in [6.45, 7) is 12.6. The molecule has 0 bridgehead atoms. The molecule has 21 heavy (non-hydrogen) atoms. The number of benzene rings is 1. The van der Waals surface area contributed by atoms with E-state index in [1.807, 2.05) is 18.2 Å². The van der Waals surface area contributed by atoms with Gasteiger partial charge in [0.05, 0.1) is 0 Å². The first kappa shape index (κ1) is 17.3. The third-order valence-electron chi connectivity index (χ3n) is 2.78. The maximum atomic E-state index is 5.62. The number of nitrogens with zero attached hydrogens (tertiary/aromatic N) is 1. The molecule has 0 N–H and O–H groups in total. The molecule has 0 spiro atoms. The Morgan fingerprint density at radius 3 is 2.24 bits per heavy atom. The number of rotatable bonds is 4. The highest BCUT2D eigenvalue weighted by Crippen LogP contribution is 2.23. The Kier molecular flexibility index (Phi) is 6.03. The van der Waals surface area contributed by atoms with Crippen LogP contribution in [0.3, 0.4) is 0 Å². The Hall–Kier alpha value is -1.75. The van der Waals surface area contributed by atoms with E-state index in [-0.39, 0.29) is 16.9 Å². The monoisotopic (exact) mass is 285 g/mol. The first-order chi connectivity index (χ1) is 9.68. The molecule has 2 heteroatoms. The molecular formula is C19H27NO. The summed E-state index contributed by atoms with van der Waals surface area (Å²) in [5.74, 6) is 6.45. The molecule has 0 saturated heterocycles. The quantitative estimate of drug-likeness (QED) is 0.446. The van der Waals surface area contributed by atoms with Crippen LogP contribution in [0, 0.1) is 22.7 Å². The predicted molar refractivity (Wildman–Crippen MR) is 90.2 cm³/mol. The SMILES string of the molecule is CC(C)(C)C#CC(O/N=C\Cc1ccccc1)C(C)(C)C. The molecule has 0 fully saturated rings. The van der Waals surface area contributed by atoms with E-state index in [4.69, 9.17) is 4.84 Å². The van der Waals surface area contributed by atoms with Crippen LogP contribution < -0.4 is 0 Å². The maximum absolute atomic E-state index is 5.62. The fourth-order valence-corrected chi connectivity index (χ4v) is 1.54. The molecule has 1 unspecified atom stereocenters. The molecule has 1 atom stereocenters. The van der Waals surface area contributed by atoms with Crippen LogP contribution in [0.1, 0.15) is 47.1 Å². The zero-order chi connectivity index (χ0) is 15.9. The van der Waals surface area contributed by atoms with Crippen molar-refractivity contribution in [1.82, 2.24) is 0 Å². The lowest BCUT2D eigenvalue weighted by Gasteiger charge is -2.24. The van der Waals surface area contributed by atoms with Crippen molar-refractivity contribution in [2.75, 3.05) is 0 Å². The molecule has 0 aliphatic heterocycles. The van der Waals surface area contributed by atoms with Crippen molar-refractivity contribution < 1.29 is 4.84 Å². The summed E-state index contributed by atoms with van der Waals surface area (Å²) in [5.41, 5.74) is 1.13. The van der Waals surface area contributed by atoms with Gasteiger partial charge >= 0.3 is 0 Å². The summed E-state index contributed by atoms with van der Waals surface area (Å²) in [6.07, 6.45) is 2.36. The van der Waals surface area contributed by atoms with E-state index in [1.165, 1.54) is 5.56 Å². The fraction of sp³-hybridized carbons (Fsp3) is 0.526. The summed E-state index contributed by atoms with van der Waals surface area (Å²) in [7, 11) is 0. The van der Waals surface area contributed by atoms with E-state index < -0.39 is 0 Å². The number of hydrogen-bond acceptors (Lipinski definition) is 2. The smallest absolute Gasteiger partial charge is 0.192 e. The van der Waals surface area contributed by atoms with E-state index in [0.29, 0.717) is 0 Å². The Labute approximate surface area is 129 Å². The summed E-state index contributed by atoms with van der Waals surface area (Å²) in [6, 6.07) is 10.2. The second-order valence-electron chi connectivity index (χ2n) is 7.35. The van der Waals surface area contributed by atoms with E-state index in [9.17, 15) is 0 Å². The maximum Gasteiger partial charge on any atom is 0.192 e. The van der Waals surface area contributed by atoms with E-state index in [2.05, 4.69) is 70.7 Å². The molecule has 0 aromatic heterocycles. The molecule has 0 amide bonds. The molecule has 0 heterocycles. The van der Waals surface area contributed by atoms with Gasteiger partial charge < -0.3 is 4.84 Å². The Morgan fingerprint density at radius 1 is 1.10 bits per heavy atom. The van der Waals surface area contributed by atoms with Crippen LogP contribution in [0.15, 0.2) is 35.5 Å². The van der Waals surface area contributed by atoms with Crippen molar-refractivity contribution in [2.45, 2.75) is 54.1 Å². The van der Waals surface area contributed by atoms with Crippen LogP contribution >= 0.6 is 0 Å². The molecule has 0 aliphatic carbocycles. The van der Waals surface area contributed by atoms with Crippen LogP contribution in [0.5, 0.6) is 0 Å². The van der Waals surface area contributed by atoms with Crippen molar-refractivity contribution in [2.24, 2.45) is 16.0 Å². The van der Waals surface area contributed by atoms with Crippen LogP contribution in [-0.2, 0) is 11.3 Å². The van der Waals surface area contributed by atoms with Gasteiger partial charge in [-0.05, 0) is 26.3 Å². The minimum atomic E-state index is -0.205. The van der Waals surface area contributed by atoms with Crippen LogP contribution in [0.2, 0.25) is 0 Å². The van der Waals surface area contributed by atoms with Crippen LogP contribution in [0.4, 0.5) is 0 Å². The Balaban J connectivity index is 2.63. The zero-order valence-electron chi connectivity index (χ0n) is 14.1. The van der Waals surface area contributed by atoms with Crippen molar-refractivity contribution in [1.29, 1.82) is 0 Å². The van der Waals surface area contributed by atoms with E-state index >= 15 is 0 Å². The summed E-state index contributed by atoms with van der Waals surface area (Å²) < 4.78 is 0. The van der Waals surface area contributed by atoms with Gasteiger partial charge in [-0.2, -0.15) is 0 Å². The van der Waals surface area contributed by atoms with Gasteiger partial charge in [-0.15, -0.1) is 0 Å². The first-order valence-corrected chi connectivity index (χ1v) is 7.43. The summed E-state index contributed by atoms with van der Waals surface area (Å²) >= 11 is 0. The molecule has 1 aromatic carbocycles. The average Bonchev–Trinajstić information content (AvgIpc) is 2.36. The molecule has 0 saturated carbocycles. The molecular weight excluding hydrogens is 258 g/mol. The van der Waals surface area contributed by atoms with Gasteiger partial charge in [0.25, 0.3) is 0 Å². The standard InChI is InChI=1S/C19H27NO/c1-18(2,3)14-12-17(19(4,5)6)21-20-15-13-16-10-8-7-9-11-16/h7-11,15,17H,13H2,1-6H3/b20-15-. The van der Waals surface area contributed by atoms with E-state index in [0.717, 1.165) is 6.42 Å². The lowest BCUT2D eigenvalue weighted by atomic mass is 9.88. The minimum absolute atomic E-state index is 0.0272. The van der Waals surface area contributed by atoms with Crippen LogP contribution in [0.25, 0.3) is 0 Å². The van der Waals surface area contributed by atoms with Crippen molar-refractivity contribution in [3.63, 3.8) is 0 Å². The van der Waals surface area contributed by atoms with Crippen molar-refractivity contribution in [3.05, 3.63) is 35.9 Å². The van der Waals surface area contributed by atoms with E-state index in [1.54, 1.807) is 6.21 Å². The molecule has 2 nitrogen and oxygen atoms in total. The topological polar surface area (TPSA) is 21.6 Å². The molecule has 1 aromatic rings. The second-order valence-corrected chi connectivity index (χ2v) is 7.35. The highest BCUT2D eigenvalue weighted by Gasteiger charge is 2.25. The third kappa shape index (κ3) is 7.56. The molecule has 114 valence electrons. The van der Waals surface area contributed by atoms with Crippen molar-refractivity contribution >= 4 is 6.21 Å². The third-order valence-corrected chi connectivity index (χ3v) is 2.78. The second kappa shape index (κ2) is 7.31. The Bertz CT molecular complexity index is 506. The van der Waals surface area contributed by atoms with Gasteiger partial charge in [0, 0.05) is 23.5 Å².